The Morgan fingerprint density at radius 3 is 2.23 bits per heavy atom. The smallest absolute Gasteiger partial charge is 0.330 e. The number of hydrogen-bond donors (Lipinski definition) is 4. The fourth-order valence-corrected chi connectivity index (χ4v) is 5.89. The SMILES string of the molecule is C=C[C@@]1(OCP(=O)(N[C@@H](C)C(=O)OCCCC)N[C@@H](C)C(=O)OCCCC)C[C@@H](O)[C@H](n2ccc(=O)[nH]c2=O)O1. The number of hydrogen-bond acceptors (Lipinski definition) is 10. The molecule has 1 aliphatic heterocycles. The fourth-order valence-electron chi connectivity index (χ4n) is 3.80. The van der Waals surface area contributed by atoms with Crippen molar-refractivity contribution < 1.29 is 38.2 Å². The Morgan fingerprint density at radius 2 is 1.75 bits per heavy atom. The van der Waals surface area contributed by atoms with Gasteiger partial charge in [-0.2, -0.15) is 0 Å². The minimum Gasteiger partial charge on any atom is -0.465 e. The molecule has 1 aliphatic rings. The highest BCUT2D eigenvalue weighted by Crippen LogP contribution is 2.44. The number of aliphatic hydroxyl groups is 1. The maximum atomic E-state index is 14.0. The number of H-pyrrole nitrogens is 1. The molecular weight excluding hydrogens is 547 g/mol. The summed E-state index contributed by atoms with van der Waals surface area (Å²) in [6.07, 6.45) is 2.06. The first-order chi connectivity index (χ1) is 18.9. The van der Waals surface area contributed by atoms with Gasteiger partial charge in [0.15, 0.2) is 12.0 Å². The molecule has 40 heavy (non-hydrogen) atoms. The third kappa shape index (κ3) is 9.50. The molecule has 4 N–H and O–H groups in total. The van der Waals surface area contributed by atoms with Crippen molar-refractivity contribution in [2.75, 3.05) is 19.6 Å². The van der Waals surface area contributed by atoms with Gasteiger partial charge in [0.25, 0.3) is 5.56 Å². The van der Waals surface area contributed by atoms with Crippen LogP contribution in [0, 0.1) is 0 Å². The number of nitrogens with zero attached hydrogens (tertiary/aromatic N) is 1. The number of unbranched alkanes of at least 4 members (excludes halogenated alkanes) is 2. The molecule has 0 radical (unpaired) electrons. The summed E-state index contributed by atoms with van der Waals surface area (Å²) in [5.41, 5.74) is -1.43. The van der Waals surface area contributed by atoms with Gasteiger partial charge in [0, 0.05) is 18.7 Å². The third-order valence-electron chi connectivity index (χ3n) is 6.07. The Morgan fingerprint density at radius 1 is 1.20 bits per heavy atom. The summed E-state index contributed by atoms with van der Waals surface area (Å²) in [7, 11) is -3.90. The summed E-state index contributed by atoms with van der Waals surface area (Å²) in [6, 6.07) is -0.982. The zero-order valence-electron chi connectivity index (χ0n) is 23.4. The average molecular weight is 589 g/mol. The molecule has 0 bridgehead atoms. The quantitative estimate of drug-likeness (QED) is 0.0890. The molecule has 5 atom stereocenters. The predicted octanol–water partition coefficient (Wildman–Crippen LogP) is 1.51. The molecule has 2 heterocycles. The van der Waals surface area contributed by atoms with Gasteiger partial charge in [0.2, 0.25) is 7.44 Å². The van der Waals surface area contributed by atoms with Crippen LogP contribution in [0.2, 0.25) is 0 Å². The zero-order valence-corrected chi connectivity index (χ0v) is 24.3. The topological polar surface area (TPSA) is 187 Å². The lowest BCUT2D eigenvalue weighted by Gasteiger charge is -2.31. The highest BCUT2D eigenvalue weighted by molar-refractivity contribution is 7.59. The Kier molecular flexibility index (Phi) is 12.9. The van der Waals surface area contributed by atoms with Crippen molar-refractivity contribution in [2.24, 2.45) is 0 Å². The summed E-state index contributed by atoms with van der Waals surface area (Å²) in [5, 5.41) is 16.0. The van der Waals surface area contributed by atoms with E-state index in [0.717, 1.165) is 23.5 Å². The first-order valence-electron chi connectivity index (χ1n) is 13.3. The Labute approximate surface area is 232 Å². The number of aliphatic hydroxyl groups excluding tert-OH is 1. The summed E-state index contributed by atoms with van der Waals surface area (Å²) >= 11 is 0. The van der Waals surface area contributed by atoms with Crippen molar-refractivity contribution in [3.63, 3.8) is 0 Å². The van der Waals surface area contributed by atoms with Gasteiger partial charge in [-0.1, -0.05) is 33.3 Å². The number of carbonyl (C=O) groups is 2. The first-order valence-corrected chi connectivity index (χ1v) is 15.2. The molecule has 1 fully saturated rings. The predicted molar refractivity (Wildman–Crippen MR) is 145 cm³/mol. The molecule has 226 valence electrons. The van der Waals surface area contributed by atoms with Gasteiger partial charge in [-0.25, -0.2) is 15.0 Å². The summed E-state index contributed by atoms with van der Waals surface area (Å²) < 4.78 is 37.1. The molecule has 0 amide bonds. The molecule has 1 aromatic heterocycles. The highest BCUT2D eigenvalue weighted by atomic mass is 31.2. The van der Waals surface area contributed by atoms with Crippen LogP contribution in [-0.2, 0) is 33.1 Å². The van der Waals surface area contributed by atoms with Crippen LogP contribution in [0.5, 0.6) is 0 Å². The van der Waals surface area contributed by atoms with Crippen LogP contribution in [0.1, 0.15) is 66.0 Å². The van der Waals surface area contributed by atoms with Crippen molar-refractivity contribution in [3.8, 4) is 0 Å². The molecule has 1 aromatic rings. The van der Waals surface area contributed by atoms with E-state index in [0.29, 0.717) is 12.8 Å². The van der Waals surface area contributed by atoms with E-state index in [1.165, 1.54) is 26.1 Å². The third-order valence-corrected chi connectivity index (χ3v) is 8.17. The van der Waals surface area contributed by atoms with Crippen LogP contribution in [0.15, 0.2) is 34.5 Å². The van der Waals surface area contributed by atoms with Crippen LogP contribution in [0.4, 0.5) is 0 Å². The van der Waals surface area contributed by atoms with Crippen LogP contribution in [-0.4, -0.2) is 70.1 Å². The number of rotatable bonds is 17. The second-order valence-corrected chi connectivity index (χ2v) is 11.8. The van der Waals surface area contributed by atoms with Gasteiger partial charge < -0.3 is 24.1 Å². The number of carbonyl (C=O) groups excluding carboxylic acids is 2. The first kappa shape index (κ1) is 33.6. The van der Waals surface area contributed by atoms with E-state index in [9.17, 15) is 28.8 Å². The molecule has 2 rings (SSSR count). The lowest BCUT2D eigenvalue weighted by molar-refractivity contribution is -0.201. The number of ether oxygens (including phenoxy) is 4. The van der Waals surface area contributed by atoms with Gasteiger partial charge in [-0.3, -0.25) is 28.5 Å². The molecule has 0 unspecified atom stereocenters. The van der Waals surface area contributed by atoms with Crippen molar-refractivity contribution in [2.45, 2.75) is 90.0 Å². The molecule has 1 saturated heterocycles. The van der Waals surface area contributed by atoms with Gasteiger partial charge in [0.1, 0.15) is 24.5 Å². The maximum absolute atomic E-state index is 14.0. The molecule has 0 saturated carbocycles. The molecule has 14 nitrogen and oxygen atoms in total. The summed E-state index contributed by atoms with van der Waals surface area (Å²) in [4.78, 5) is 50.7. The van der Waals surface area contributed by atoms with Crippen molar-refractivity contribution in [1.82, 2.24) is 19.7 Å². The van der Waals surface area contributed by atoms with E-state index in [1.54, 1.807) is 0 Å². The lowest BCUT2D eigenvalue weighted by atomic mass is 10.1. The monoisotopic (exact) mass is 588 g/mol. The van der Waals surface area contributed by atoms with E-state index in [2.05, 4.69) is 21.7 Å². The van der Waals surface area contributed by atoms with Gasteiger partial charge in [-0.15, -0.1) is 0 Å². The molecule has 15 heteroatoms. The number of nitrogens with one attached hydrogen (secondary N) is 3. The van der Waals surface area contributed by atoms with Crippen molar-refractivity contribution in [3.05, 3.63) is 45.8 Å². The van der Waals surface area contributed by atoms with E-state index >= 15 is 0 Å². The second-order valence-electron chi connectivity index (χ2n) is 9.57. The number of aromatic amines is 1. The van der Waals surface area contributed by atoms with Crippen molar-refractivity contribution in [1.29, 1.82) is 0 Å². The normalized spacial score (nSPS) is 22.4. The maximum Gasteiger partial charge on any atom is 0.330 e. The minimum absolute atomic E-state index is 0.198. The van der Waals surface area contributed by atoms with Gasteiger partial charge >= 0.3 is 17.6 Å². The largest absolute Gasteiger partial charge is 0.465 e. The summed E-state index contributed by atoms with van der Waals surface area (Å²) in [5.74, 6) is -2.98. The Hall–Kier alpha value is -2.61. The average Bonchev–Trinajstić information content (AvgIpc) is 3.24. The van der Waals surface area contributed by atoms with Crippen LogP contribution >= 0.6 is 7.44 Å². The fraction of sp³-hybridized carbons (Fsp3) is 0.680. The van der Waals surface area contributed by atoms with Gasteiger partial charge in [0.05, 0.1) is 13.2 Å². The Balaban J connectivity index is 2.22. The molecule has 0 spiro atoms. The second kappa shape index (κ2) is 15.4. The summed E-state index contributed by atoms with van der Waals surface area (Å²) in [6.45, 7) is 10.9. The zero-order chi connectivity index (χ0) is 29.9. The number of aromatic nitrogens is 2. The highest BCUT2D eigenvalue weighted by Gasteiger charge is 2.48. The van der Waals surface area contributed by atoms with Crippen LogP contribution in [0.25, 0.3) is 0 Å². The van der Waals surface area contributed by atoms with E-state index < -0.39 is 67.2 Å². The standard InChI is InChI=1S/C25H41N4O10P/c1-6-9-13-36-22(32)17(4)27-40(35,28-18(5)23(33)37-14-10-7-2)16-38-25(8-3)15-19(30)21(39-25)29-12-11-20(31)26-24(29)34/h8,11-12,17-19,21,30H,3,6-7,9-10,13-16H2,1-2,4-5H3,(H,26,31,34)(H2,27,28,35)/t17-,18-,19+,21+,25-/m0/s1. The Bertz CT molecular complexity index is 1140. The van der Waals surface area contributed by atoms with Gasteiger partial charge in [-0.05, 0) is 32.8 Å². The number of esters is 2. The van der Waals surface area contributed by atoms with Crippen molar-refractivity contribution >= 4 is 19.4 Å². The molecule has 0 aliphatic carbocycles. The lowest BCUT2D eigenvalue weighted by Crippen LogP contribution is -2.44. The van der Waals surface area contributed by atoms with E-state index in [1.807, 2.05) is 13.8 Å². The molecular formula is C25H41N4O10P. The van der Waals surface area contributed by atoms with E-state index in [-0.39, 0.29) is 19.6 Å². The van der Waals surface area contributed by atoms with Crippen LogP contribution in [0.3, 0.4) is 0 Å². The van der Waals surface area contributed by atoms with E-state index in [4.69, 9.17) is 18.9 Å². The minimum atomic E-state index is -3.90. The van der Waals surface area contributed by atoms with Crippen LogP contribution < -0.4 is 21.4 Å². The molecule has 0 aromatic carbocycles.